The van der Waals surface area contributed by atoms with Crippen LogP contribution in [0.1, 0.15) is 6.42 Å². The van der Waals surface area contributed by atoms with Gasteiger partial charge >= 0.3 is 0 Å². The molecule has 1 saturated heterocycles. The zero-order valence-electron chi connectivity index (χ0n) is 10.9. The molecule has 1 aliphatic carbocycles. The van der Waals surface area contributed by atoms with Crippen LogP contribution in [-0.4, -0.2) is 28.7 Å². The van der Waals surface area contributed by atoms with Crippen LogP contribution in [0.4, 0.5) is 0 Å². The highest BCUT2D eigenvalue weighted by Crippen LogP contribution is 2.39. The number of nitrogens with zero attached hydrogens (tertiary/aromatic N) is 2. The number of aromatic nitrogens is 2. The van der Waals surface area contributed by atoms with Crippen molar-refractivity contribution in [2.75, 3.05) is 13.1 Å². The van der Waals surface area contributed by atoms with Crippen molar-refractivity contribution < 1.29 is 4.74 Å². The van der Waals surface area contributed by atoms with Gasteiger partial charge in [-0.15, -0.1) is 12.4 Å². The number of aryl methyl sites for hydroxylation is 1. The summed E-state index contributed by atoms with van der Waals surface area (Å²) >= 11 is 0. The molecule has 0 amide bonds. The molecule has 1 N–H and O–H groups in total. The van der Waals surface area contributed by atoms with E-state index in [0.717, 1.165) is 30.1 Å². The summed E-state index contributed by atoms with van der Waals surface area (Å²) in [4.78, 5) is 4.58. The van der Waals surface area contributed by atoms with Crippen molar-refractivity contribution in [1.82, 2.24) is 14.9 Å². The van der Waals surface area contributed by atoms with E-state index in [0.29, 0.717) is 17.9 Å². The molecule has 1 saturated carbocycles. The lowest BCUT2D eigenvalue weighted by Gasteiger charge is -2.48. The van der Waals surface area contributed by atoms with Crippen molar-refractivity contribution in [3.63, 3.8) is 0 Å². The van der Waals surface area contributed by atoms with E-state index in [1.807, 2.05) is 25.2 Å². The maximum Gasteiger partial charge on any atom is 0.297 e. The summed E-state index contributed by atoms with van der Waals surface area (Å²) in [5, 5.41) is 3.43. The Labute approximate surface area is 118 Å². The van der Waals surface area contributed by atoms with Crippen LogP contribution in [-0.2, 0) is 7.05 Å². The molecule has 2 heterocycles. The van der Waals surface area contributed by atoms with Crippen molar-refractivity contribution >= 4 is 23.4 Å². The molecule has 1 aromatic carbocycles. The summed E-state index contributed by atoms with van der Waals surface area (Å²) in [6, 6.07) is 8.93. The van der Waals surface area contributed by atoms with Crippen LogP contribution in [0.3, 0.4) is 0 Å². The van der Waals surface area contributed by atoms with Gasteiger partial charge in [-0.25, -0.2) is 0 Å². The molecule has 2 aromatic rings. The second-order valence-corrected chi connectivity index (χ2v) is 5.44. The number of ether oxygens (including phenoxy) is 1. The van der Waals surface area contributed by atoms with Crippen LogP contribution in [0.15, 0.2) is 24.3 Å². The molecule has 1 aliphatic heterocycles. The van der Waals surface area contributed by atoms with Gasteiger partial charge in [0.05, 0.1) is 11.0 Å². The quantitative estimate of drug-likeness (QED) is 0.914. The monoisotopic (exact) mass is 279 g/mol. The van der Waals surface area contributed by atoms with Gasteiger partial charge in [-0.3, -0.25) is 4.57 Å². The topological polar surface area (TPSA) is 39.1 Å². The summed E-state index contributed by atoms with van der Waals surface area (Å²) < 4.78 is 8.20. The molecule has 0 radical (unpaired) electrons. The Morgan fingerprint density at radius 2 is 2.00 bits per heavy atom. The number of para-hydroxylation sites is 2. The fourth-order valence-electron chi connectivity index (χ4n) is 3.24. The fraction of sp³-hybridized carbons (Fsp3) is 0.500. The smallest absolute Gasteiger partial charge is 0.297 e. The third kappa shape index (κ3) is 1.90. The lowest BCUT2D eigenvalue weighted by atomic mass is 9.69. The van der Waals surface area contributed by atoms with E-state index in [2.05, 4.69) is 20.9 Å². The van der Waals surface area contributed by atoms with E-state index < -0.39 is 0 Å². The number of fused-ring (bicyclic) bond motifs is 3. The van der Waals surface area contributed by atoms with Gasteiger partial charge in [0.25, 0.3) is 6.01 Å². The molecule has 4 nitrogen and oxygen atoms in total. The zero-order chi connectivity index (χ0) is 12.1. The average Bonchev–Trinajstić information content (AvgIpc) is 2.74. The van der Waals surface area contributed by atoms with Gasteiger partial charge in [0, 0.05) is 32.0 Å². The van der Waals surface area contributed by atoms with E-state index in [9.17, 15) is 0 Å². The first-order valence-electron chi connectivity index (χ1n) is 6.62. The predicted molar refractivity (Wildman–Crippen MR) is 76.8 cm³/mol. The van der Waals surface area contributed by atoms with Crippen LogP contribution in [0.2, 0.25) is 0 Å². The first kappa shape index (κ1) is 12.8. The average molecular weight is 280 g/mol. The van der Waals surface area contributed by atoms with Gasteiger partial charge in [0.1, 0.15) is 6.10 Å². The van der Waals surface area contributed by atoms with Crippen LogP contribution in [0, 0.1) is 11.8 Å². The SMILES string of the molecule is Cl.Cn1c(OC2[C@@H]3CNC[C@H]2C3)nc2ccccc21. The van der Waals surface area contributed by atoms with Crippen LogP contribution < -0.4 is 10.1 Å². The normalized spacial score (nSPS) is 28.6. The molecule has 1 unspecified atom stereocenters. The molecule has 2 bridgehead atoms. The third-order valence-electron chi connectivity index (χ3n) is 4.34. The lowest BCUT2D eigenvalue weighted by molar-refractivity contribution is -0.0507. The van der Waals surface area contributed by atoms with Crippen molar-refractivity contribution in [3.05, 3.63) is 24.3 Å². The van der Waals surface area contributed by atoms with Gasteiger partial charge in [-0.1, -0.05) is 12.1 Å². The van der Waals surface area contributed by atoms with Gasteiger partial charge < -0.3 is 10.1 Å². The van der Waals surface area contributed by atoms with Crippen LogP contribution in [0.5, 0.6) is 6.01 Å². The molecule has 102 valence electrons. The van der Waals surface area contributed by atoms with Gasteiger partial charge in [-0.05, 0) is 18.6 Å². The maximum atomic E-state index is 6.14. The number of nitrogens with one attached hydrogen (secondary N) is 1. The Balaban J connectivity index is 0.00000110. The minimum Gasteiger partial charge on any atom is -0.461 e. The molecule has 0 spiro atoms. The number of rotatable bonds is 2. The minimum absolute atomic E-state index is 0. The highest BCUT2D eigenvalue weighted by molar-refractivity contribution is 5.85. The second-order valence-electron chi connectivity index (χ2n) is 5.44. The number of imidazole rings is 1. The molecule has 2 aliphatic rings. The van der Waals surface area contributed by atoms with Crippen molar-refractivity contribution in [3.8, 4) is 6.01 Å². The molecule has 19 heavy (non-hydrogen) atoms. The minimum atomic E-state index is 0. The first-order chi connectivity index (χ1) is 8.83. The number of hydrogen-bond acceptors (Lipinski definition) is 3. The fourth-order valence-corrected chi connectivity index (χ4v) is 3.24. The van der Waals surface area contributed by atoms with Crippen LogP contribution in [0.25, 0.3) is 11.0 Å². The molecule has 3 atom stereocenters. The highest BCUT2D eigenvalue weighted by Gasteiger charge is 2.46. The standard InChI is InChI=1S/C14H17N3O.ClH/c1-17-12-5-3-2-4-11(12)16-14(17)18-13-9-6-10(13)8-15-7-9;/h2-5,9-10,13,15H,6-8H2,1H3;1H/t9-,10+,13?;. The number of halogens is 1. The maximum absolute atomic E-state index is 6.14. The van der Waals surface area contributed by atoms with E-state index >= 15 is 0 Å². The third-order valence-corrected chi connectivity index (χ3v) is 4.34. The van der Waals surface area contributed by atoms with Gasteiger partial charge in [-0.2, -0.15) is 4.98 Å². The number of hydrogen-bond donors (Lipinski definition) is 1. The summed E-state index contributed by atoms with van der Waals surface area (Å²) in [5.74, 6) is 1.34. The predicted octanol–water partition coefficient (Wildman–Crippen LogP) is 1.98. The molecule has 4 rings (SSSR count). The van der Waals surface area contributed by atoms with E-state index in [4.69, 9.17) is 4.74 Å². The zero-order valence-corrected chi connectivity index (χ0v) is 11.7. The molecule has 1 aromatic heterocycles. The number of benzene rings is 1. The van der Waals surface area contributed by atoms with Gasteiger partial charge in [0.2, 0.25) is 0 Å². The molecule has 5 heteroatoms. The number of piperidine rings is 2. The van der Waals surface area contributed by atoms with Crippen LogP contribution >= 0.6 is 12.4 Å². The second kappa shape index (κ2) is 4.69. The van der Waals surface area contributed by atoms with Gasteiger partial charge in [0.15, 0.2) is 0 Å². The molecular formula is C14H18ClN3O. The summed E-state index contributed by atoms with van der Waals surface area (Å²) in [6.45, 7) is 2.18. The van der Waals surface area contributed by atoms with Crippen molar-refractivity contribution in [2.24, 2.45) is 18.9 Å². The van der Waals surface area contributed by atoms with Crippen molar-refractivity contribution in [2.45, 2.75) is 12.5 Å². The first-order valence-corrected chi connectivity index (χ1v) is 6.62. The summed E-state index contributed by atoms with van der Waals surface area (Å²) in [6.07, 6.45) is 1.67. The Morgan fingerprint density at radius 3 is 2.68 bits per heavy atom. The molecular weight excluding hydrogens is 262 g/mol. The Bertz CT molecular complexity index is 583. The highest BCUT2D eigenvalue weighted by atomic mass is 35.5. The summed E-state index contributed by atoms with van der Waals surface area (Å²) in [7, 11) is 2.03. The Hall–Kier alpha value is -1.26. The Morgan fingerprint density at radius 1 is 1.26 bits per heavy atom. The van der Waals surface area contributed by atoms with E-state index in [1.54, 1.807) is 0 Å². The Kier molecular flexibility index (Phi) is 3.15. The molecule has 2 fully saturated rings. The largest absolute Gasteiger partial charge is 0.461 e. The lowest BCUT2D eigenvalue weighted by Crippen LogP contribution is -2.59. The van der Waals surface area contributed by atoms with Crippen molar-refractivity contribution in [1.29, 1.82) is 0 Å². The van der Waals surface area contributed by atoms with E-state index in [1.165, 1.54) is 6.42 Å². The summed E-state index contributed by atoms with van der Waals surface area (Å²) in [5.41, 5.74) is 2.15. The van der Waals surface area contributed by atoms with E-state index in [-0.39, 0.29) is 12.4 Å².